The van der Waals surface area contributed by atoms with E-state index in [4.69, 9.17) is 4.42 Å². The maximum absolute atomic E-state index is 12.4. The lowest BCUT2D eigenvalue weighted by molar-refractivity contribution is -0.120. The van der Waals surface area contributed by atoms with Gasteiger partial charge in [0.1, 0.15) is 5.58 Å². The fourth-order valence-corrected chi connectivity index (χ4v) is 2.90. The molecule has 26 heavy (non-hydrogen) atoms. The third-order valence-electron chi connectivity index (χ3n) is 4.31. The van der Waals surface area contributed by atoms with E-state index in [-0.39, 0.29) is 11.8 Å². The SMILES string of the molecule is Cc1c(C(=O)NCCNC(=O)Cc2ccccc2)oc2c(C)cccc12. The molecule has 2 amide bonds. The molecule has 0 aliphatic heterocycles. The Kier molecular flexibility index (Phi) is 5.37. The zero-order valence-corrected chi connectivity index (χ0v) is 15.0. The third kappa shape index (κ3) is 3.94. The highest BCUT2D eigenvalue weighted by molar-refractivity contribution is 5.99. The van der Waals surface area contributed by atoms with Crippen molar-refractivity contribution < 1.29 is 14.0 Å². The van der Waals surface area contributed by atoms with Gasteiger partial charge in [-0.05, 0) is 25.0 Å². The lowest BCUT2D eigenvalue weighted by Crippen LogP contribution is -2.35. The number of carbonyl (C=O) groups is 2. The van der Waals surface area contributed by atoms with Crippen molar-refractivity contribution in [1.82, 2.24) is 10.6 Å². The normalized spacial score (nSPS) is 10.7. The van der Waals surface area contributed by atoms with Crippen LogP contribution in [-0.4, -0.2) is 24.9 Å². The second-order valence-electron chi connectivity index (χ2n) is 6.28. The van der Waals surface area contributed by atoms with Crippen LogP contribution in [0.1, 0.15) is 27.2 Å². The van der Waals surface area contributed by atoms with E-state index in [1.54, 1.807) is 0 Å². The van der Waals surface area contributed by atoms with E-state index in [0.29, 0.717) is 25.3 Å². The summed E-state index contributed by atoms with van der Waals surface area (Å²) in [5.74, 6) is -0.0127. The summed E-state index contributed by atoms with van der Waals surface area (Å²) in [6.45, 7) is 4.54. The maximum Gasteiger partial charge on any atom is 0.287 e. The number of rotatable bonds is 6. The van der Waals surface area contributed by atoms with E-state index in [0.717, 1.165) is 27.7 Å². The molecule has 2 aromatic carbocycles. The van der Waals surface area contributed by atoms with Gasteiger partial charge in [-0.15, -0.1) is 0 Å². The molecule has 5 heteroatoms. The Bertz CT molecular complexity index is 929. The van der Waals surface area contributed by atoms with E-state index >= 15 is 0 Å². The molecule has 134 valence electrons. The number of hydrogen-bond acceptors (Lipinski definition) is 3. The van der Waals surface area contributed by atoms with Crippen LogP contribution in [0.25, 0.3) is 11.0 Å². The topological polar surface area (TPSA) is 71.3 Å². The van der Waals surface area contributed by atoms with Crippen LogP contribution in [0.3, 0.4) is 0 Å². The number of hydrogen-bond donors (Lipinski definition) is 2. The number of aryl methyl sites for hydroxylation is 2. The molecule has 3 aromatic rings. The zero-order valence-electron chi connectivity index (χ0n) is 15.0. The minimum atomic E-state index is -0.268. The Morgan fingerprint density at radius 2 is 1.65 bits per heavy atom. The molecule has 0 unspecified atom stereocenters. The van der Waals surface area contributed by atoms with Crippen molar-refractivity contribution in [3.63, 3.8) is 0 Å². The van der Waals surface area contributed by atoms with Crippen LogP contribution in [0.2, 0.25) is 0 Å². The van der Waals surface area contributed by atoms with Crippen LogP contribution < -0.4 is 10.6 Å². The Morgan fingerprint density at radius 1 is 0.923 bits per heavy atom. The van der Waals surface area contributed by atoms with E-state index in [9.17, 15) is 9.59 Å². The Labute approximate surface area is 152 Å². The first-order valence-electron chi connectivity index (χ1n) is 8.64. The van der Waals surface area contributed by atoms with E-state index in [1.807, 2.05) is 62.4 Å². The predicted octanol–water partition coefficient (Wildman–Crippen LogP) is 3.14. The lowest BCUT2D eigenvalue weighted by atomic mass is 10.1. The minimum Gasteiger partial charge on any atom is -0.450 e. The first-order valence-corrected chi connectivity index (χ1v) is 8.64. The van der Waals surface area contributed by atoms with Gasteiger partial charge < -0.3 is 15.1 Å². The number of carbonyl (C=O) groups excluding carboxylic acids is 2. The molecule has 0 radical (unpaired) electrons. The van der Waals surface area contributed by atoms with Gasteiger partial charge in [-0.1, -0.05) is 48.5 Å². The largest absolute Gasteiger partial charge is 0.450 e. The van der Waals surface area contributed by atoms with Gasteiger partial charge in [0.15, 0.2) is 5.76 Å². The highest BCUT2D eigenvalue weighted by Crippen LogP contribution is 2.27. The fraction of sp³-hybridized carbons (Fsp3) is 0.238. The molecule has 0 atom stereocenters. The molecule has 1 heterocycles. The molecule has 2 N–H and O–H groups in total. The van der Waals surface area contributed by atoms with Crippen LogP contribution in [0.15, 0.2) is 52.9 Å². The first kappa shape index (κ1) is 17.7. The summed E-state index contributed by atoms with van der Waals surface area (Å²) in [7, 11) is 0. The summed E-state index contributed by atoms with van der Waals surface area (Å²) in [4.78, 5) is 24.3. The van der Waals surface area contributed by atoms with Crippen LogP contribution >= 0.6 is 0 Å². The Hall–Kier alpha value is -3.08. The highest BCUT2D eigenvalue weighted by atomic mass is 16.3. The van der Waals surface area contributed by atoms with Gasteiger partial charge in [0, 0.05) is 24.0 Å². The van der Waals surface area contributed by atoms with Crippen LogP contribution in [0, 0.1) is 13.8 Å². The van der Waals surface area contributed by atoms with Crippen LogP contribution in [0.5, 0.6) is 0 Å². The first-order chi connectivity index (χ1) is 12.6. The highest BCUT2D eigenvalue weighted by Gasteiger charge is 2.18. The molecule has 5 nitrogen and oxygen atoms in total. The molecule has 1 aromatic heterocycles. The van der Waals surface area contributed by atoms with Gasteiger partial charge in [-0.3, -0.25) is 9.59 Å². The fourth-order valence-electron chi connectivity index (χ4n) is 2.90. The van der Waals surface area contributed by atoms with Gasteiger partial charge in [-0.2, -0.15) is 0 Å². The minimum absolute atomic E-state index is 0.0685. The number of amides is 2. The Balaban J connectivity index is 1.51. The second-order valence-corrected chi connectivity index (χ2v) is 6.28. The third-order valence-corrected chi connectivity index (χ3v) is 4.31. The predicted molar refractivity (Wildman–Crippen MR) is 101 cm³/mol. The maximum atomic E-state index is 12.4. The van der Waals surface area contributed by atoms with Gasteiger partial charge in [0.2, 0.25) is 5.91 Å². The second kappa shape index (κ2) is 7.87. The van der Waals surface area contributed by atoms with Gasteiger partial charge in [0.05, 0.1) is 6.42 Å². The van der Waals surface area contributed by atoms with E-state index in [2.05, 4.69) is 10.6 Å². The molecule has 3 rings (SSSR count). The summed E-state index contributed by atoms with van der Waals surface area (Å²) < 4.78 is 5.75. The quantitative estimate of drug-likeness (QED) is 0.671. The monoisotopic (exact) mass is 350 g/mol. The number of nitrogens with one attached hydrogen (secondary N) is 2. The zero-order chi connectivity index (χ0) is 18.5. The molecule has 0 aliphatic rings. The van der Waals surface area contributed by atoms with E-state index in [1.165, 1.54) is 0 Å². The number of benzene rings is 2. The molecular weight excluding hydrogens is 328 g/mol. The summed E-state index contributed by atoms with van der Waals surface area (Å²) in [6, 6.07) is 15.4. The summed E-state index contributed by atoms with van der Waals surface area (Å²) in [5.41, 5.74) is 3.53. The molecule has 0 fully saturated rings. The number of fused-ring (bicyclic) bond motifs is 1. The van der Waals surface area contributed by atoms with Crippen LogP contribution in [-0.2, 0) is 11.2 Å². The van der Waals surface area contributed by atoms with Crippen LogP contribution in [0.4, 0.5) is 0 Å². The van der Waals surface area contributed by atoms with Crippen molar-refractivity contribution in [3.8, 4) is 0 Å². The number of para-hydroxylation sites is 1. The standard InChI is InChI=1S/C21H22N2O3/c1-14-7-6-10-17-15(2)20(26-19(14)17)21(25)23-12-11-22-18(24)13-16-8-4-3-5-9-16/h3-10H,11-13H2,1-2H3,(H,22,24)(H,23,25). The average molecular weight is 350 g/mol. The molecule has 0 saturated carbocycles. The Morgan fingerprint density at radius 3 is 2.38 bits per heavy atom. The van der Waals surface area contributed by atoms with Gasteiger partial charge in [0.25, 0.3) is 5.91 Å². The van der Waals surface area contributed by atoms with Crippen molar-refractivity contribution in [1.29, 1.82) is 0 Å². The van der Waals surface area contributed by atoms with Gasteiger partial charge in [-0.25, -0.2) is 0 Å². The number of furan rings is 1. The van der Waals surface area contributed by atoms with Crippen molar-refractivity contribution in [2.45, 2.75) is 20.3 Å². The van der Waals surface area contributed by atoms with Crippen molar-refractivity contribution in [2.24, 2.45) is 0 Å². The lowest BCUT2D eigenvalue weighted by Gasteiger charge is -2.06. The molecule has 0 saturated heterocycles. The summed E-state index contributed by atoms with van der Waals surface area (Å²) in [6.07, 6.45) is 0.330. The van der Waals surface area contributed by atoms with Crippen molar-refractivity contribution in [3.05, 3.63) is 71.0 Å². The van der Waals surface area contributed by atoms with Crippen molar-refractivity contribution >= 4 is 22.8 Å². The molecule has 0 aliphatic carbocycles. The molecular formula is C21H22N2O3. The van der Waals surface area contributed by atoms with Crippen molar-refractivity contribution in [2.75, 3.05) is 13.1 Å². The smallest absolute Gasteiger partial charge is 0.287 e. The summed E-state index contributed by atoms with van der Waals surface area (Å²) >= 11 is 0. The van der Waals surface area contributed by atoms with E-state index < -0.39 is 0 Å². The summed E-state index contributed by atoms with van der Waals surface area (Å²) in [5, 5.41) is 6.55. The average Bonchev–Trinajstić information content (AvgIpc) is 2.98. The van der Waals surface area contributed by atoms with Gasteiger partial charge >= 0.3 is 0 Å². The molecule has 0 spiro atoms. The molecule has 0 bridgehead atoms.